The van der Waals surface area contributed by atoms with Gasteiger partial charge in [-0.3, -0.25) is 4.90 Å². The van der Waals surface area contributed by atoms with Gasteiger partial charge in [0.1, 0.15) is 17.1 Å². The summed E-state index contributed by atoms with van der Waals surface area (Å²) in [5.41, 5.74) is 1.88. The molecule has 1 saturated heterocycles. The maximum Gasteiger partial charge on any atom is 0.407 e. The largest absolute Gasteiger partial charge is 0.494 e. The van der Waals surface area contributed by atoms with Crippen LogP contribution in [0.3, 0.4) is 0 Å². The maximum atomic E-state index is 12.2. The number of benzene rings is 2. The van der Waals surface area contributed by atoms with E-state index >= 15 is 0 Å². The Labute approximate surface area is 191 Å². The van der Waals surface area contributed by atoms with Crippen molar-refractivity contribution in [2.75, 3.05) is 26.3 Å². The second-order valence-electron chi connectivity index (χ2n) is 9.03. The van der Waals surface area contributed by atoms with E-state index in [1.807, 2.05) is 58.9 Å². The zero-order valence-electron chi connectivity index (χ0n) is 19.9. The minimum absolute atomic E-state index is 0.0535. The molecular formula is C26H36N2O4. The SMILES string of the molecule is CCOc1ccc(C(c2ccc(OCC)cc2)N2CCC(NC(=O)OC(C)(C)C)C2)cc1. The van der Waals surface area contributed by atoms with Gasteiger partial charge in [0.15, 0.2) is 0 Å². The summed E-state index contributed by atoms with van der Waals surface area (Å²) in [7, 11) is 0. The van der Waals surface area contributed by atoms with Crippen LogP contribution in [0.25, 0.3) is 0 Å². The first-order valence-electron chi connectivity index (χ1n) is 11.5. The van der Waals surface area contributed by atoms with Gasteiger partial charge in [0.25, 0.3) is 0 Å². The molecule has 2 aromatic rings. The van der Waals surface area contributed by atoms with E-state index in [4.69, 9.17) is 14.2 Å². The fourth-order valence-electron chi connectivity index (χ4n) is 4.05. The standard InChI is InChI=1S/C26H36N2O4/c1-6-30-22-12-8-19(9-13-22)24(20-10-14-23(15-11-20)31-7-2)28-17-16-21(18-28)27-25(29)32-26(3,4)5/h8-15,21,24H,6-7,16-18H2,1-5H3,(H,27,29). The second-order valence-corrected chi connectivity index (χ2v) is 9.03. The topological polar surface area (TPSA) is 60.0 Å². The van der Waals surface area contributed by atoms with E-state index in [0.717, 1.165) is 31.0 Å². The molecule has 1 aliphatic heterocycles. The summed E-state index contributed by atoms with van der Waals surface area (Å²) in [5.74, 6) is 1.74. The first-order chi connectivity index (χ1) is 15.3. The molecule has 1 amide bonds. The number of ether oxygens (including phenoxy) is 3. The average Bonchev–Trinajstić information content (AvgIpc) is 3.17. The van der Waals surface area contributed by atoms with Gasteiger partial charge in [0.2, 0.25) is 0 Å². The summed E-state index contributed by atoms with van der Waals surface area (Å²) in [6, 6.07) is 16.7. The summed E-state index contributed by atoms with van der Waals surface area (Å²) in [4.78, 5) is 14.7. The lowest BCUT2D eigenvalue weighted by atomic mass is 9.97. The summed E-state index contributed by atoms with van der Waals surface area (Å²) in [6.07, 6.45) is 0.520. The van der Waals surface area contributed by atoms with Crippen LogP contribution >= 0.6 is 0 Å². The highest BCUT2D eigenvalue weighted by molar-refractivity contribution is 5.68. The van der Waals surface area contributed by atoms with Gasteiger partial charge in [-0.05, 0) is 76.4 Å². The molecule has 3 rings (SSSR count). The van der Waals surface area contributed by atoms with Crippen molar-refractivity contribution < 1.29 is 19.0 Å². The van der Waals surface area contributed by atoms with Gasteiger partial charge in [-0.2, -0.15) is 0 Å². The number of rotatable bonds is 8. The highest BCUT2D eigenvalue weighted by Gasteiger charge is 2.32. The number of alkyl carbamates (subject to hydrolysis) is 1. The average molecular weight is 441 g/mol. The minimum Gasteiger partial charge on any atom is -0.494 e. The number of nitrogens with zero attached hydrogens (tertiary/aromatic N) is 1. The number of carbonyl (C=O) groups is 1. The van der Waals surface area contributed by atoms with Crippen LogP contribution in [-0.2, 0) is 4.74 Å². The molecule has 1 atom stereocenters. The van der Waals surface area contributed by atoms with Gasteiger partial charge in [0, 0.05) is 19.1 Å². The van der Waals surface area contributed by atoms with E-state index in [0.29, 0.717) is 13.2 Å². The molecule has 174 valence electrons. The van der Waals surface area contributed by atoms with Crippen LogP contribution < -0.4 is 14.8 Å². The highest BCUT2D eigenvalue weighted by Crippen LogP contribution is 2.33. The lowest BCUT2D eigenvalue weighted by molar-refractivity contribution is 0.0505. The Hall–Kier alpha value is -2.73. The molecule has 1 N–H and O–H groups in total. The van der Waals surface area contributed by atoms with Gasteiger partial charge in [-0.25, -0.2) is 4.79 Å². The molecule has 32 heavy (non-hydrogen) atoms. The van der Waals surface area contributed by atoms with Crippen LogP contribution in [0, 0.1) is 0 Å². The van der Waals surface area contributed by atoms with E-state index in [2.05, 4.69) is 34.5 Å². The Bertz CT molecular complexity index is 809. The molecule has 0 spiro atoms. The number of hydrogen-bond acceptors (Lipinski definition) is 5. The van der Waals surface area contributed by atoms with E-state index in [9.17, 15) is 4.79 Å². The lowest BCUT2D eigenvalue weighted by Gasteiger charge is -2.29. The first kappa shape index (κ1) is 23.9. The molecule has 1 heterocycles. The Morgan fingerprint density at radius 3 is 1.91 bits per heavy atom. The van der Waals surface area contributed by atoms with Crippen molar-refractivity contribution >= 4 is 6.09 Å². The van der Waals surface area contributed by atoms with Crippen LogP contribution in [0.4, 0.5) is 4.79 Å². The van der Waals surface area contributed by atoms with E-state index in [1.165, 1.54) is 11.1 Å². The summed E-state index contributed by atoms with van der Waals surface area (Å²) in [6.45, 7) is 12.5. The molecule has 0 aromatic heterocycles. The number of nitrogens with one attached hydrogen (secondary N) is 1. The fraction of sp³-hybridized carbons (Fsp3) is 0.500. The smallest absolute Gasteiger partial charge is 0.407 e. The maximum absolute atomic E-state index is 12.2. The number of likely N-dealkylation sites (tertiary alicyclic amines) is 1. The van der Waals surface area contributed by atoms with Crippen molar-refractivity contribution in [3.63, 3.8) is 0 Å². The predicted molar refractivity (Wildman–Crippen MR) is 126 cm³/mol. The van der Waals surface area contributed by atoms with Crippen molar-refractivity contribution in [2.45, 2.75) is 58.7 Å². The third kappa shape index (κ3) is 6.63. The van der Waals surface area contributed by atoms with Crippen molar-refractivity contribution in [3.05, 3.63) is 59.7 Å². The van der Waals surface area contributed by atoms with Gasteiger partial charge in [-0.15, -0.1) is 0 Å². The quantitative estimate of drug-likeness (QED) is 0.613. The Balaban J connectivity index is 1.79. The van der Waals surface area contributed by atoms with E-state index < -0.39 is 5.60 Å². The molecule has 2 aromatic carbocycles. The van der Waals surface area contributed by atoms with Crippen LogP contribution in [0.1, 0.15) is 58.2 Å². The monoisotopic (exact) mass is 440 g/mol. The Morgan fingerprint density at radius 1 is 0.969 bits per heavy atom. The molecule has 0 radical (unpaired) electrons. The Kier molecular flexibility index (Phi) is 8.02. The van der Waals surface area contributed by atoms with Gasteiger partial charge < -0.3 is 19.5 Å². The van der Waals surface area contributed by atoms with Crippen LogP contribution in [0.2, 0.25) is 0 Å². The van der Waals surface area contributed by atoms with Crippen LogP contribution in [-0.4, -0.2) is 48.9 Å². The zero-order chi connectivity index (χ0) is 23.1. The molecule has 1 fully saturated rings. The molecule has 0 saturated carbocycles. The van der Waals surface area contributed by atoms with Crippen molar-refractivity contribution in [1.82, 2.24) is 10.2 Å². The molecule has 0 aliphatic carbocycles. The van der Waals surface area contributed by atoms with Crippen LogP contribution in [0.15, 0.2) is 48.5 Å². The normalized spacial score (nSPS) is 16.8. The van der Waals surface area contributed by atoms with Crippen molar-refractivity contribution in [3.8, 4) is 11.5 Å². The van der Waals surface area contributed by atoms with E-state index in [-0.39, 0.29) is 18.2 Å². The Morgan fingerprint density at radius 2 is 1.47 bits per heavy atom. The molecule has 6 heteroatoms. The molecule has 6 nitrogen and oxygen atoms in total. The molecule has 1 aliphatic rings. The lowest BCUT2D eigenvalue weighted by Crippen LogP contribution is -2.41. The summed E-state index contributed by atoms with van der Waals surface area (Å²) in [5, 5.41) is 3.03. The third-order valence-corrected chi connectivity index (χ3v) is 5.32. The number of carbonyl (C=O) groups excluding carboxylic acids is 1. The molecular weight excluding hydrogens is 404 g/mol. The fourth-order valence-corrected chi connectivity index (χ4v) is 4.05. The van der Waals surface area contributed by atoms with Crippen molar-refractivity contribution in [2.24, 2.45) is 0 Å². The zero-order valence-corrected chi connectivity index (χ0v) is 19.9. The summed E-state index contributed by atoms with van der Waals surface area (Å²) < 4.78 is 16.7. The van der Waals surface area contributed by atoms with Gasteiger partial charge >= 0.3 is 6.09 Å². The van der Waals surface area contributed by atoms with Gasteiger partial charge in [0.05, 0.1) is 19.3 Å². The summed E-state index contributed by atoms with van der Waals surface area (Å²) >= 11 is 0. The van der Waals surface area contributed by atoms with Crippen LogP contribution in [0.5, 0.6) is 11.5 Å². The first-order valence-corrected chi connectivity index (χ1v) is 11.5. The minimum atomic E-state index is -0.504. The number of amides is 1. The predicted octanol–water partition coefficient (Wildman–Crippen LogP) is 5.17. The van der Waals surface area contributed by atoms with Gasteiger partial charge in [-0.1, -0.05) is 24.3 Å². The molecule has 1 unspecified atom stereocenters. The molecule has 0 bridgehead atoms. The second kappa shape index (κ2) is 10.7. The van der Waals surface area contributed by atoms with Crippen molar-refractivity contribution in [1.29, 1.82) is 0 Å². The number of hydrogen-bond donors (Lipinski definition) is 1. The third-order valence-electron chi connectivity index (χ3n) is 5.32. The van der Waals surface area contributed by atoms with E-state index in [1.54, 1.807) is 0 Å². The highest BCUT2D eigenvalue weighted by atomic mass is 16.6.